The van der Waals surface area contributed by atoms with Crippen molar-refractivity contribution in [1.29, 1.82) is 0 Å². The van der Waals surface area contributed by atoms with Crippen molar-refractivity contribution in [2.75, 3.05) is 19.8 Å². The smallest absolute Gasteiger partial charge is 0.472 e. The van der Waals surface area contributed by atoms with Gasteiger partial charge in [0.1, 0.15) is 12.7 Å². The number of carboxylic acids is 1. The first kappa shape index (κ1) is 58.0. The summed E-state index contributed by atoms with van der Waals surface area (Å²) in [6.45, 7) is 2.59. The van der Waals surface area contributed by atoms with Crippen LogP contribution >= 0.6 is 7.82 Å². The molecule has 60 heavy (non-hydrogen) atoms. The number of aliphatic hydroxyl groups excluding tert-OH is 1. The molecule has 4 N–H and O–H groups in total. The minimum Gasteiger partial charge on any atom is -0.480 e. The van der Waals surface area contributed by atoms with E-state index < -0.39 is 57.6 Å². The lowest BCUT2D eigenvalue weighted by Crippen LogP contribution is -2.43. The summed E-state index contributed by atoms with van der Waals surface area (Å²) >= 11 is 0. The number of ether oxygens (including phenoxy) is 1. The Balaban J connectivity index is 3.79. The first-order valence-electron chi connectivity index (χ1n) is 24.4. The van der Waals surface area contributed by atoms with E-state index in [1.54, 1.807) is 0 Å². The normalized spacial score (nSPS) is 13.8. The van der Waals surface area contributed by atoms with Crippen molar-refractivity contribution in [3.8, 4) is 0 Å². The maximum absolute atomic E-state index is 12.3. The first-order chi connectivity index (χ1) is 29.1. The molecule has 3 atom stereocenters. The predicted molar refractivity (Wildman–Crippen MR) is 245 cm³/mol. The number of rotatable bonds is 46. The number of hydrogen-bond donors (Lipinski definition) is 4. The van der Waals surface area contributed by atoms with Crippen LogP contribution < -0.4 is 5.32 Å². The molecule has 0 saturated heterocycles. The Morgan fingerprint density at radius 3 is 1.28 bits per heavy atom. The monoisotopic (exact) mass is 872 g/mol. The van der Waals surface area contributed by atoms with Crippen molar-refractivity contribution in [1.82, 2.24) is 5.32 Å². The third kappa shape index (κ3) is 42.6. The van der Waals surface area contributed by atoms with Gasteiger partial charge in [0.15, 0.2) is 6.04 Å². The SMILES string of the molecule is CCCCCC/C=C\CCCCCCCC(=O)NC(COP(=O)(O)OCC(O)COC(=O)CCCCCCCCCCCCCCC/C=C/CCCCCCCC)C(=O)O. The van der Waals surface area contributed by atoms with Crippen LogP contribution in [0.25, 0.3) is 0 Å². The molecule has 0 aliphatic rings. The van der Waals surface area contributed by atoms with Crippen LogP contribution in [0, 0.1) is 0 Å². The third-order valence-corrected chi connectivity index (χ3v) is 11.7. The van der Waals surface area contributed by atoms with Gasteiger partial charge in [-0.15, -0.1) is 0 Å². The van der Waals surface area contributed by atoms with Gasteiger partial charge >= 0.3 is 19.8 Å². The van der Waals surface area contributed by atoms with E-state index in [2.05, 4.69) is 43.5 Å². The summed E-state index contributed by atoms with van der Waals surface area (Å²) in [6.07, 6.45) is 46.4. The summed E-state index contributed by atoms with van der Waals surface area (Å²) < 4.78 is 26.9. The van der Waals surface area contributed by atoms with Crippen molar-refractivity contribution in [3.63, 3.8) is 0 Å². The summed E-state index contributed by atoms with van der Waals surface area (Å²) in [6, 6.07) is -1.55. The fourth-order valence-corrected chi connectivity index (χ4v) is 7.67. The molecular weight excluding hydrogens is 781 g/mol. The van der Waals surface area contributed by atoms with Crippen LogP contribution in [0.1, 0.15) is 232 Å². The number of nitrogens with one attached hydrogen (secondary N) is 1. The fourth-order valence-electron chi connectivity index (χ4n) is 6.89. The molecule has 0 aliphatic carbocycles. The number of phosphoric acid groups is 1. The Kier molecular flexibility index (Phi) is 42.1. The summed E-state index contributed by atoms with van der Waals surface area (Å²) in [5.41, 5.74) is 0. The second-order valence-electron chi connectivity index (χ2n) is 16.6. The zero-order valence-electron chi connectivity index (χ0n) is 38.3. The molecule has 352 valence electrons. The number of unbranched alkanes of at least 4 members (excludes halogenated alkanes) is 28. The number of esters is 1. The molecule has 0 radical (unpaired) electrons. The first-order valence-corrected chi connectivity index (χ1v) is 25.9. The highest BCUT2D eigenvalue weighted by molar-refractivity contribution is 7.47. The standard InChI is InChI=1S/C48H90NO10P/c1-3-5-7-9-11-13-15-17-18-19-20-21-22-23-24-25-26-28-30-32-34-36-38-40-47(52)57-41-44(50)42-58-60(55,56)59-43-45(48(53)54)49-46(51)39-37-35-33-31-29-27-16-14-12-10-8-6-4-2/h14,16-18,44-45,50H,3-13,15,19-43H2,1-2H3,(H,49,51)(H,53,54)(H,55,56)/b16-14-,18-17+. The maximum atomic E-state index is 12.3. The molecular formula is C48H90NO10P. The van der Waals surface area contributed by atoms with Crippen LogP contribution in [0.5, 0.6) is 0 Å². The van der Waals surface area contributed by atoms with Gasteiger partial charge in [-0.25, -0.2) is 9.36 Å². The minimum absolute atomic E-state index is 0.137. The number of allylic oxidation sites excluding steroid dienone is 4. The van der Waals surface area contributed by atoms with Crippen LogP contribution in [0.15, 0.2) is 24.3 Å². The van der Waals surface area contributed by atoms with Crippen molar-refractivity contribution in [2.24, 2.45) is 0 Å². The van der Waals surface area contributed by atoms with E-state index in [0.717, 1.165) is 57.8 Å². The predicted octanol–water partition coefficient (Wildman–Crippen LogP) is 13.0. The average Bonchev–Trinajstić information content (AvgIpc) is 3.22. The van der Waals surface area contributed by atoms with Crippen LogP contribution in [0.3, 0.4) is 0 Å². The van der Waals surface area contributed by atoms with Gasteiger partial charge in [0, 0.05) is 12.8 Å². The summed E-state index contributed by atoms with van der Waals surface area (Å²) in [5, 5.41) is 21.8. The summed E-state index contributed by atoms with van der Waals surface area (Å²) in [7, 11) is -4.76. The van der Waals surface area contributed by atoms with Crippen molar-refractivity contribution in [2.45, 2.75) is 244 Å². The van der Waals surface area contributed by atoms with Crippen molar-refractivity contribution >= 4 is 25.7 Å². The molecule has 0 saturated carbocycles. The van der Waals surface area contributed by atoms with Crippen LogP contribution in [-0.4, -0.2) is 64.9 Å². The van der Waals surface area contributed by atoms with Crippen molar-refractivity contribution < 1.29 is 47.8 Å². The quantitative estimate of drug-likeness (QED) is 0.0200. The van der Waals surface area contributed by atoms with Gasteiger partial charge in [-0.1, -0.05) is 179 Å². The highest BCUT2D eigenvalue weighted by Crippen LogP contribution is 2.43. The number of amides is 1. The molecule has 0 aromatic heterocycles. The number of phosphoric ester groups is 1. The molecule has 0 fully saturated rings. The zero-order valence-corrected chi connectivity index (χ0v) is 39.2. The summed E-state index contributed by atoms with van der Waals surface area (Å²) in [4.78, 5) is 46.0. The Morgan fingerprint density at radius 2 is 0.867 bits per heavy atom. The molecule has 3 unspecified atom stereocenters. The molecule has 11 nitrogen and oxygen atoms in total. The molecule has 0 aliphatic heterocycles. The molecule has 0 aromatic carbocycles. The van der Waals surface area contributed by atoms with Gasteiger partial charge in [-0.05, 0) is 64.2 Å². The zero-order chi connectivity index (χ0) is 44.2. The molecule has 0 bridgehead atoms. The molecule has 0 spiro atoms. The number of hydrogen-bond acceptors (Lipinski definition) is 8. The van der Waals surface area contributed by atoms with Gasteiger partial charge < -0.3 is 25.2 Å². The van der Waals surface area contributed by atoms with Gasteiger partial charge in [0.2, 0.25) is 5.91 Å². The molecule has 1 amide bonds. The van der Waals surface area contributed by atoms with E-state index in [1.807, 2.05) is 0 Å². The number of carbonyl (C=O) groups is 3. The van der Waals surface area contributed by atoms with E-state index in [0.29, 0.717) is 12.8 Å². The van der Waals surface area contributed by atoms with Gasteiger partial charge in [0.25, 0.3) is 0 Å². The Hall–Kier alpha value is -2.04. The van der Waals surface area contributed by atoms with Gasteiger partial charge in [-0.2, -0.15) is 0 Å². The lowest BCUT2D eigenvalue weighted by atomic mass is 10.0. The molecule has 12 heteroatoms. The highest BCUT2D eigenvalue weighted by atomic mass is 31.2. The van der Waals surface area contributed by atoms with Gasteiger partial charge in [-0.3, -0.25) is 18.6 Å². The number of carboxylic acid groups (broad SMARTS) is 1. The minimum atomic E-state index is -4.76. The average molecular weight is 872 g/mol. The largest absolute Gasteiger partial charge is 0.480 e. The topological polar surface area (TPSA) is 169 Å². The second-order valence-corrected chi connectivity index (χ2v) is 18.1. The van der Waals surface area contributed by atoms with E-state index >= 15 is 0 Å². The highest BCUT2D eigenvalue weighted by Gasteiger charge is 2.28. The Labute approximate surface area is 366 Å². The Bertz CT molecular complexity index is 1120. The van der Waals surface area contributed by atoms with E-state index in [-0.39, 0.29) is 12.8 Å². The van der Waals surface area contributed by atoms with Crippen LogP contribution in [-0.2, 0) is 32.7 Å². The van der Waals surface area contributed by atoms with Crippen LogP contribution in [0.4, 0.5) is 0 Å². The van der Waals surface area contributed by atoms with E-state index in [4.69, 9.17) is 13.8 Å². The molecule has 0 aromatic rings. The van der Waals surface area contributed by atoms with Gasteiger partial charge in [0.05, 0.1) is 13.2 Å². The third-order valence-electron chi connectivity index (χ3n) is 10.7. The second kappa shape index (κ2) is 43.6. The van der Waals surface area contributed by atoms with E-state index in [1.165, 1.54) is 135 Å². The number of aliphatic hydroxyl groups is 1. The maximum Gasteiger partial charge on any atom is 0.472 e. The lowest BCUT2D eigenvalue weighted by Gasteiger charge is -2.18. The molecule has 0 heterocycles. The Morgan fingerprint density at radius 1 is 0.517 bits per heavy atom. The summed E-state index contributed by atoms with van der Waals surface area (Å²) in [5.74, 6) is -2.38. The van der Waals surface area contributed by atoms with E-state index in [9.17, 15) is 34.1 Å². The molecule has 0 rings (SSSR count). The fraction of sp³-hybridized carbons (Fsp3) is 0.854. The lowest BCUT2D eigenvalue weighted by molar-refractivity contribution is -0.147. The van der Waals surface area contributed by atoms with Crippen LogP contribution in [0.2, 0.25) is 0 Å². The van der Waals surface area contributed by atoms with Crippen molar-refractivity contribution in [3.05, 3.63) is 24.3 Å². The number of aliphatic carboxylic acids is 1. The number of carbonyl (C=O) groups excluding carboxylic acids is 2.